The van der Waals surface area contributed by atoms with Crippen LogP contribution in [-0.4, -0.2) is 22.0 Å². The molecule has 1 amide bonds. The minimum absolute atomic E-state index is 0.184. The van der Waals surface area contributed by atoms with Crippen LogP contribution in [0.4, 0.5) is 0 Å². The number of aliphatic carboxylic acids is 1. The van der Waals surface area contributed by atoms with Gasteiger partial charge in [-0.2, -0.15) is 0 Å². The minimum Gasteiger partial charge on any atom is -0.478 e. The van der Waals surface area contributed by atoms with Crippen LogP contribution < -0.4 is 5.32 Å². The number of carbonyl (C=O) groups is 2. The lowest BCUT2D eigenvalue weighted by atomic mass is 10.1. The lowest BCUT2D eigenvalue weighted by molar-refractivity contribution is -0.131. The van der Waals surface area contributed by atoms with Crippen LogP contribution in [-0.2, 0) is 11.3 Å². The maximum absolute atomic E-state index is 12.0. The topological polar surface area (TPSA) is 79.3 Å². The molecule has 0 aliphatic carbocycles. The van der Waals surface area contributed by atoms with Crippen LogP contribution >= 0.6 is 11.3 Å². The summed E-state index contributed by atoms with van der Waals surface area (Å²) in [6.07, 6.45) is 4.30. The highest BCUT2D eigenvalue weighted by atomic mass is 32.1. The molecule has 1 aromatic carbocycles. The van der Waals surface area contributed by atoms with Crippen LogP contribution in [0.2, 0.25) is 0 Å². The lowest BCUT2D eigenvalue weighted by Gasteiger charge is -2.03. The molecular formula is C15H14N2O3S. The Balaban J connectivity index is 1.95. The van der Waals surface area contributed by atoms with E-state index in [1.807, 2.05) is 6.92 Å². The fourth-order valence-electron chi connectivity index (χ4n) is 1.65. The third kappa shape index (κ3) is 4.54. The van der Waals surface area contributed by atoms with E-state index in [-0.39, 0.29) is 5.91 Å². The first-order valence-corrected chi connectivity index (χ1v) is 7.07. The highest BCUT2D eigenvalue weighted by molar-refractivity contribution is 7.11. The molecule has 0 aliphatic rings. The number of aryl methyl sites for hydroxylation is 1. The molecule has 0 atom stereocenters. The standard InChI is InChI=1S/C15H14N2O3S/c1-10-8-16-13(21-10)9-17-15(20)12-5-2-11(3-6-12)4-7-14(18)19/h2-8H,9H2,1H3,(H,17,20)(H,18,19)/b7-4+. The van der Waals surface area contributed by atoms with Gasteiger partial charge in [-0.15, -0.1) is 11.3 Å². The second-order valence-electron chi connectivity index (χ2n) is 4.34. The average molecular weight is 302 g/mol. The Kier molecular flexibility index (Phi) is 4.84. The molecule has 21 heavy (non-hydrogen) atoms. The third-order valence-corrected chi connectivity index (χ3v) is 3.57. The van der Waals surface area contributed by atoms with Crippen molar-refractivity contribution in [1.29, 1.82) is 0 Å². The first kappa shape index (κ1) is 14.9. The monoisotopic (exact) mass is 302 g/mol. The molecule has 2 N–H and O–H groups in total. The highest BCUT2D eigenvalue weighted by Crippen LogP contribution is 2.11. The fraction of sp³-hybridized carbons (Fsp3) is 0.133. The number of rotatable bonds is 5. The van der Waals surface area contributed by atoms with Crippen molar-refractivity contribution in [3.8, 4) is 0 Å². The Labute approximate surface area is 126 Å². The van der Waals surface area contributed by atoms with E-state index in [9.17, 15) is 9.59 Å². The van der Waals surface area contributed by atoms with Crippen molar-refractivity contribution in [2.75, 3.05) is 0 Å². The molecule has 1 aromatic heterocycles. The number of nitrogens with zero attached hydrogens (tertiary/aromatic N) is 1. The molecule has 2 rings (SSSR count). The first-order valence-electron chi connectivity index (χ1n) is 6.25. The number of benzene rings is 1. The summed E-state index contributed by atoms with van der Waals surface area (Å²) in [5.74, 6) is -1.19. The van der Waals surface area contributed by atoms with Gasteiger partial charge in [0, 0.05) is 22.7 Å². The molecule has 108 valence electrons. The predicted octanol–water partition coefficient (Wildman–Crippen LogP) is 2.48. The Bertz CT molecular complexity index is 674. The number of carbonyl (C=O) groups excluding carboxylic acids is 1. The van der Waals surface area contributed by atoms with Crippen molar-refractivity contribution in [3.05, 3.63) is 57.6 Å². The van der Waals surface area contributed by atoms with Crippen LogP contribution in [0.25, 0.3) is 6.08 Å². The summed E-state index contributed by atoms with van der Waals surface area (Å²) >= 11 is 1.55. The summed E-state index contributed by atoms with van der Waals surface area (Å²) in [6.45, 7) is 2.37. The molecule has 0 spiro atoms. The zero-order valence-corrected chi connectivity index (χ0v) is 12.2. The quantitative estimate of drug-likeness (QED) is 0.832. The van der Waals surface area contributed by atoms with Gasteiger partial charge in [0.25, 0.3) is 5.91 Å². The van der Waals surface area contributed by atoms with Gasteiger partial charge in [0.15, 0.2) is 0 Å². The van der Waals surface area contributed by atoms with Crippen molar-refractivity contribution in [1.82, 2.24) is 10.3 Å². The molecule has 5 nitrogen and oxygen atoms in total. The smallest absolute Gasteiger partial charge is 0.328 e. The van der Waals surface area contributed by atoms with Crippen LogP contribution in [0.5, 0.6) is 0 Å². The fourth-order valence-corrected chi connectivity index (χ4v) is 2.38. The van der Waals surface area contributed by atoms with Crippen LogP contribution in [0.15, 0.2) is 36.5 Å². The maximum atomic E-state index is 12.0. The number of amides is 1. The Morgan fingerprint density at radius 2 is 2.05 bits per heavy atom. The van der Waals surface area contributed by atoms with E-state index in [1.165, 1.54) is 6.08 Å². The zero-order chi connectivity index (χ0) is 15.2. The SMILES string of the molecule is Cc1cnc(CNC(=O)c2ccc(/C=C/C(=O)O)cc2)s1. The normalized spacial score (nSPS) is 10.7. The van der Waals surface area contributed by atoms with E-state index in [2.05, 4.69) is 10.3 Å². The number of thiazole rings is 1. The average Bonchev–Trinajstić information content (AvgIpc) is 2.89. The minimum atomic E-state index is -1.00. The first-order chi connectivity index (χ1) is 10.0. The number of carboxylic acid groups (broad SMARTS) is 1. The molecule has 1 heterocycles. The van der Waals surface area contributed by atoms with Gasteiger partial charge < -0.3 is 10.4 Å². The summed E-state index contributed by atoms with van der Waals surface area (Å²) in [7, 11) is 0. The molecule has 0 aliphatic heterocycles. The summed E-state index contributed by atoms with van der Waals surface area (Å²) in [5, 5.41) is 12.2. The van der Waals surface area contributed by atoms with Gasteiger partial charge >= 0.3 is 5.97 Å². The van der Waals surface area contributed by atoms with Crippen molar-refractivity contribution >= 4 is 29.3 Å². The molecule has 6 heteroatoms. The molecule has 0 radical (unpaired) electrons. The highest BCUT2D eigenvalue weighted by Gasteiger charge is 2.06. The number of hydrogen-bond donors (Lipinski definition) is 2. The van der Waals surface area contributed by atoms with Gasteiger partial charge in [0.2, 0.25) is 0 Å². The van der Waals surface area contributed by atoms with E-state index in [4.69, 9.17) is 5.11 Å². The number of hydrogen-bond acceptors (Lipinski definition) is 4. The van der Waals surface area contributed by atoms with Gasteiger partial charge in [0.1, 0.15) is 5.01 Å². The van der Waals surface area contributed by atoms with Gasteiger partial charge in [-0.05, 0) is 30.7 Å². The van der Waals surface area contributed by atoms with E-state index >= 15 is 0 Å². The van der Waals surface area contributed by atoms with Crippen LogP contribution in [0.1, 0.15) is 25.8 Å². The molecule has 0 unspecified atom stereocenters. The second kappa shape index (κ2) is 6.81. The summed E-state index contributed by atoms with van der Waals surface area (Å²) in [4.78, 5) is 27.7. The van der Waals surface area contributed by atoms with Crippen molar-refractivity contribution in [2.45, 2.75) is 13.5 Å². The molecule has 0 bridgehead atoms. The van der Waals surface area contributed by atoms with E-state index in [0.717, 1.165) is 21.5 Å². The molecule has 2 aromatic rings. The third-order valence-electron chi connectivity index (χ3n) is 2.66. The van der Waals surface area contributed by atoms with Crippen LogP contribution in [0.3, 0.4) is 0 Å². The maximum Gasteiger partial charge on any atom is 0.328 e. The zero-order valence-electron chi connectivity index (χ0n) is 11.4. The van der Waals surface area contributed by atoms with Crippen molar-refractivity contribution in [3.63, 3.8) is 0 Å². The molecular weight excluding hydrogens is 288 g/mol. The molecule has 0 fully saturated rings. The molecule has 0 saturated heterocycles. The summed E-state index contributed by atoms with van der Waals surface area (Å²) < 4.78 is 0. The van der Waals surface area contributed by atoms with E-state index in [0.29, 0.717) is 12.1 Å². The van der Waals surface area contributed by atoms with Gasteiger partial charge in [-0.1, -0.05) is 12.1 Å². The summed E-state index contributed by atoms with van der Waals surface area (Å²) in [5.41, 5.74) is 1.25. The number of nitrogens with one attached hydrogen (secondary N) is 1. The van der Waals surface area contributed by atoms with E-state index < -0.39 is 5.97 Å². The summed E-state index contributed by atoms with van der Waals surface area (Å²) in [6, 6.07) is 6.71. The van der Waals surface area contributed by atoms with Gasteiger partial charge in [-0.3, -0.25) is 4.79 Å². The van der Waals surface area contributed by atoms with Crippen LogP contribution in [0, 0.1) is 6.92 Å². The van der Waals surface area contributed by atoms with Crippen molar-refractivity contribution < 1.29 is 14.7 Å². The van der Waals surface area contributed by atoms with Gasteiger partial charge in [0.05, 0.1) is 6.54 Å². The molecule has 0 saturated carbocycles. The Morgan fingerprint density at radius 3 is 2.62 bits per heavy atom. The largest absolute Gasteiger partial charge is 0.478 e. The van der Waals surface area contributed by atoms with Gasteiger partial charge in [-0.25, -0.2) is 9.78 Å². The predicted molar refractivity (Wildman–Crippen MR) is 81.1 cm³/mol. The second-order valence-corrected chi connectivity index (χ2v) is 5.66. The number of aromatic nitrogens is 1. The van der Waals surface area contributed by atoms with Crippen molar-refractivity contribution in [2.24, 2.45) is 0 Å². The lowest BCUT2D eigenvalue weighted by Crippen LogP contribution is -2.22. The number of carboxylic acids is 1. The Morgan fingerprint density at radius 1 is 1.33 bits per heavy atom. The Hall–Kier alpha value is -2.47. The van der Waals surface area contributed by atoms with E-state index in [1.54, 1.807) is 41.8 Å².